The fraction of sp³-hybridized carbons (Fsp3) is 0.591. The number of carbonyl (C=O) groups excluding carboxylic acids is 1. The molecule has 2 aromatic rings. The molecule has 1 amide bonds. The normalized spacial score (nSPS) is 18.8. The average molecular weight is 443 g/mol. The molecule has 0 saturated carbocycles. The van der Waals surface area contributed by atoms with Crippen LogP contribution in [0.4, 0.5) is 0 Å². The molecule has 3 heterocycles. The van der Waals surface area contributed by atoms with Gasteiger partial charge in [0.15, 0.2) is 0 Å². The van der Waals surface area contributed by atoms with E-state index < -0.39 is 17.2 Å². The number of piperidine rings is 1. The Balaban J connectivity index is 1.39. The predicted molar refractivity (Wildman–Crippen MR) is 119 cm³/mol. The number of amides is 1. The van der Waals surface area contributed by atoms with Crippen LogP contribution in [-0.2, 0) is 26.4 Å². The van der Waals surface area contributed by atoms with Crippen LogP contribution in [0.1, 0.15) is 53.7 Å². The minimum Gasteiger partial charge on any atom is -0.350 e. The van der Waals surface area contributed by atoms with E-state index >= 15 is 0 Å². The molecule has 1 saturated heterocycles. The lowest BCUT2D eigenvalue weighted by molar-refractivity contribution is 0.0906. The molecular formula is C22H30N6O4. The van der Waals surface area contributed by atoms with Gasteiger partial charge in [-0.1, -0.05) is 6.42 Å². The Kier molecular flexibility index (Phi) is 6.69. The van der Waals surface area contributed by atoms with Gasteiger partial charge in [0.25, 0.3) is 17.0 Å². The van der Waals surface area contributed by atoms with E-state index in [1.54, 1.807) is 10.7 Å². The minimum atomic E-state index is -0.621. The molecule has 10 nitrogen and oxygen atoms in total. The van der Waals surface area contributed by atoms with Gasteiger partial charge < -0.3 is 10.3 Å². The number of rotatable bonds is 6. The van der Waals surface area contributed by atoms with Crippen LogP contribution in [0, 0.1) is 0 Å². The van der Waals surface area contributed by atoms with Crippen LogP contribution in [0.25, 0.3) is 0 Å². The van der Waals surface area contributed by atoms with Crippen LogP contribution in [0.3, 0.4) is 0 Å². The van der Waals surface area contributed by atoms with Gasteiger partial charge in [-0.2, -0.15) is 5.10 Å². The number of hydrogen-bond donors (Lipinski definition) is 2. The van der Waals surface area contributed by atoms with Crippen LogP contribution < -0.4 is 22.1 Å². The van der Waals surface area contributed by atoms with Crippen molar-refractivity contribution in [3.8, 4) is 0 Å². The van der Waals surface area contributed by atoms with Gasteiger partial charge in [0.2, 0.25) is 0 Å². The molecule has 1 aliphatic heterocycles. The highest BCUT2D eigenvalue weighted by atomic mass is 16.2. The fourth-order valence-electron chi connectivity index (χ4n) is 4.60. The molecule has 0 bridgehead atoms. The summed E-state index contributed by atoms with van der Waals surface area (Å²) in [6.07, 6.45) is 8.31. The molecule has 1 aliphatic carbocycles. The number of nitrogens with one attached hydrogen (secondary N) is 2. The number of carbonyl (C=O) groups is 1. The highest BCUT2D eigenvalue weighted by molar-refractivity contribution is 5.93. The van der Waals surface area contributed by atoms with Crippen LogP contribution in [0.5, 0.6) is 0 Å². The number of likely N-dealkylation sites (tertiary alicyclic amines) is 1. The number of aromatic amines is 1. The van der Waals surface area contributed by atoms with Crippen molar-refractivity contribution in [3.63, 3.8) is 0 Å². The van der Waals surface area contributed by atoms with Crippen molar-refractivity contribution in [1.82, 2.24) is 29.5 Å². The van der Waals surface area contributed by atoms with Crippen molar-refractivity contribution >= 4 is 5.91 Å². The molecule has 0 spiro atoms. The summed E-state index contributed by atoms with van der Waals surface area (Å²) in [5.74, 6) is -0.500. The van der Waals surface area contributed by atoms with Gasteiger partial charge in [-0.05, 0) is 50.6 Å². The third kappa shape index (κ3) is 4.74. The molecule has 0 aromatic carbocycles. The zero-order valence-corrected chi connectivity index (χ0v) is 18.4. The Morgan fingerprint density at radius 1 is 1.16 bits per heavy atom. The first-order chi connectivity index (χ1) is 15.4. The summed E-state index contributed by atoms with van der Waals surface area (Å²) >= 11 is 0. The summed E-state index contributed by atoms with van der Waals surface area (Å²) in [7, 11) is 1.33. The van der Waals surface area contributed by atoms with Crippen molar-refractivity contribution in [2.45, 2.75) is 57.5 Å². The molecular weight excluding hydrogens is 412 g/mol. The maximum atomic E-state index is 12.5. The molecule has 10 heteroatoms. The van der Waals surface area contributed by atoms with Gasteiger partial charge >= 0.3 is 5.69 Å². The predicted octanol–water partition coefficient (Wildman–Crippen LogP) is -0.206. The zero-order chi connectivity index (χ0) is 22.7. The molecule has 4 rings (SSSR count). The van der Waals surface area contributed by atoms with Gasteiger partial charge in [0.05, 0.1) is 12.2 Å². The summed E-state index contributed by atoms with van der Waals surface area (Å²) < 4.78 is 2.45. The number of aryl methyl sites for hydroxylation is 2. The molecule has 2 aromatic heterocycles. The van der Waals surface area contributed by atoms with Gasteiger partial charge in [0, 0.05) is 38.4 Å². The average Bonchev–Trinajstić information content (AvgIpc) is 2.80. The number of hydrogen-bond acceptors (Lipinski definition) is 6. The number of fused-ring (bicyclic) bond motifs is 1. The lowest BCUT2D eigenvalue weighted by Crippen LogP contribution is -2.49. The van der Waals surface area contributed by atoms with E-state index in [0.717, 1.165) is 73.5 Å². The molecule has 1 fully saturated rings. The minimum absolute atomic E-state index is 0.0542. The van der Waals surface area contributed by atoms with E-state index in [0.29, 0.717) is 19.6 Å². The third-order valence-electron chi connectivity index (χ3n) is 6.54. The molecule has 0 radical (unpaired) electrons. The molecule has 1 unspecified atom stereocenters. The SMILES string of the molecule is Cn1c(=O)[nH]cc(C(=O)NCC2CCCCN2CCn2nc3c(cc2=O)CCCC3)c1=O. The van der Waals surface area contributed by atoms with Crippen LogP contribution >= 0.6 is 0 Å². The van der Waals surface area contributed by atoms with E-state index in [4.69, 9.17) is 0 Å². The molecule has 2 N–H and O–H groups in total. The molecule has 1 atom stereocenters. The maximum Gasteiger partial charge on any atom is 0.328 e. The highest BCUT2D eigenvalue weighted by Crippen LogP contribution is 2.18. The van der Waals surface area contributed by atoms with Gasteiger partial charge in [0.1, 0.15) is 5.56 Å². The number of nitrogens with zero attached hydrogens (tertiary/aromatic N) is 4. The Labute approximate surface area is 185 Å². The quantitative estimate of drug-likeness (QED) is 0.639. The van der Waals surface area contributed by atoms with Gasteiger partial charge in [-0.3, -0.25) is 23.9 Å². The first kappa shape index (κ1) is 22.2. The van der Waals surface area contributed by atoms with Crippen LogP contribution in [0.15, 0.2) is 26.6 Å². The van der Waals surface area contributed by atoms with Gasteiger partial charge in [-0.25, -0.2) is 9.48 Å². The summed E-state index contributed by atoms with van der Waals surface area (Å²) in [4.78, 5) is 53.3. The summed E-state index contributed by atoms with van der Waals surface area (Å²) in [5, 5.41) is 7.44. The topological polar surface area (TPSA) is 122 Å². The standard InChI is InChI=1S/C22H30N6O4/c1-26-21(31)17(14-24-22(26)32)20(30)23-13-16-7-4-5-9-27(16)10-11-28-19(29)12-15-6-2-3-8-18(15)25-28/h12,14,16H,2-11,13H2,1H3,(H,23,30)(H,24,32). The van der Waals surface area contributed by atoms with E-state index in [1.165, 1.54) is 7.05 Å². The Morgan fingerprint density at radius 2 is 1.97 bits per heavy atom. The summed E-state index contributed by atoms with van der Waals surface area (Å²) in [5.41, 5.74) is 0.812. The lowest BCUT2D eigenvalue weighted by Gasteiger charge is -2.35. The summed E-state index contributed by atoms with van der Waals surface area (Å²) in [6, 6.07) is 1.85. The van der Waals surface area contributed by atoms with Crippen molar-refractivity contribution in [2.75, 3.05) is 19.6 Å². The van der Waals surface area contributed by atoms with E-state index in [9.17, 15) is 19.2 Å². The van der Waals surface area contributed by atoms with E-state index in [2.05, 4.69) is 20.3 Å². The molecule has 2 aliphatic rings. The molecule has 172 valence electrons. The largest absolute Gasteiger partial charge is 0.350 e. The maximum absolute atomic E-state index is 12.5. The Morgan fingerprint density at radius 3 is 2.81 bits per heavy atom. The fourth-order valence-corrected chi connectivity index (χ4v) is 4.60. The van der Waals surface area contributed by atoms with Crippen molar-refractivity contribution in [2.24, 2.45) is 7.05 Å². The van der Waals surface area contributed by atoms with Crippen LogP contribution in [-0.4, -0.2) is 55.8 Å². The van der Waals surface area contributed by atoms with Crippen LogP contribution in [0.2, 0.25) is 0 Å². The first-order valence-corrected chi connectivity index (χ1v) is 11.3. The first-order valence-electron chi connectivity index (χ1n) is 11.3. The second-order valence-electron chi connectivity index (χ2n) is 8.65. The van der Waals surface area contributed by atoms with Crippen molar-refractivity contribution in [3.05, 3.63) is 60.3 Å². The summed E-state index contributed by atoms with van der Waals surface area (Å²) in [6.45, 7) is 2.47. The Bertz CT molecular complexity index is 1160. The van der Waals surface area contributed by atoms with E-state index in [1.807, 2.05) is 0 Å². The van der Waals surface area contributed by atoms with Gasteiger partial charge in [-0.15, -0.1) is 0 Å². The van der Waals surface area contributed by atoms with Crippen molar-refractivity contribution in [1.29, 1.82) is 0 Å². The smallest absolute Gasteiger partial charge is 0.328 e. The molecule has 32 heavy (non-hydrogen) atoms. The third-order valence-corrected chi connectivity index (χ3v) is 6.54. The second kappa shape index (κ2) is 9.64. The second-order valence-corrected chi connectivity index (χ2v) is 8.65. The van der Waals surface area contributed by atoms with Crippen molar-refractivity contribution < 1.29 is 4.79 Å². The monoisotopic (exact) mass is 442 g/mol. The zero-order valence-electron chi connectivity index (χ0n) is 18.4. The highest BCUT2D eigenvalue weighted by Gasteiger charge is 2.24. The lowest BCUT2D eigenvalue weighted by atomic mass is 9.97. The number of aromatic nitrogens is 4. The number of H-pyrrole nitrogens is 1. The van der Waals surface area contributed by atoms with E-state index in [-0.39, 0.29) is 17.2 Å². The Hall–Kier alpha value is -3.01.